The summed E-state index contributed by atoms with van der Waals surface area (Å²) in [5.41, 5.74) is 11.8. The number of rotatable bonds is 9. The van der Waals surface area contributed by atoms with E-state index < -0.39 is 6.04 Å². The molecule has 0 aliphatic heterocycles. The van der Waals surface area contributed by atoms with Crippen LogP contribution in [0.1, 0.15) is 42.4 Å². The number of aromatic nitrogens is 4. The fraction of sp³-hybridized carbons (Fsp3) is 0.312. The lowest BCUT2D eigenvalue weighted by Crippen LogP contribution is -2.48. The highest BCUT2D eigenvalue weighted by Gasteiger charge is 2.29. The van der Waals surface area contributed by atoms with Gasteiger partial charge < -0.3 is 16.4 Å². The first-order valence-corrected chi connectivity index (χ1v) is 14.2. The van der Waals surface area contributed by atoms with Gasteiger partial charge in [-0.25, -0.2) is 0 Å². The number of H-pyrrole nitrogens is 1. The molecule has 1 fully saturated rings. The SMILES string of the molecule is Cc1cc(C#N)ccc1-c1ccc(C[C@H](NC(=O)[C@H]2CC[C@H](CN)CC2)C(=O)Nc2ccc(-c3nn[nH]n3)cc2)cc1. The van der Waals surface area contributed by atoms with E-state index in [-0.39, 0.29) is 17.7 Å². The van der Waals surface area contributed by atoms with E-state index in [1.54, 1.807) is 24.3 Å². The van der Waals surface area contributed by atoms with E-state index in [1.807, 2.05) is 49.4 Å². The number of nitrogens with one attached hydrogen (secondary N) is 3. The Morgan fingerprint density at radius 2 is 1.74 bits per heavy atom. The molecule has 0 saturated heterocycles. The molecule has 1 heterocycles. The van der Waals surface area contributed by atoms with Crippen molar-refractivity contribution in [1.29, 1.82) is 5.26 Å². The largest absolute Gasteiger partial charge is 0.344 e. The topological polar surface area (TPSA) is 162 Å². The first kappa shape index (κ1) is 28.6. The molecule has 1 saturated carbocycles. The van der Waals surface area contributed by atoms with Crippen LogP contribution in [0.15, 0.2) is 66.7 Å². The van der Waals surface area contributed by atoms with Gasteiger partial charge in [0, 0.05) is 23.6 Å². The first-order valence-electron chi connectivity index (χ1n) is 14.2. The van der Waals surface area contributed by atoms with Gasteiger partial charge in [0.05, 0.1) is 11.6 Å². The van der Waals surface area contributed by atoms with Crippen LogP contribution in [0, 0.1) is 30.1 Å². The van der Waals surface area contributed by atoms with E-state index in [4.69, 9.17) is 5.73 Å². The van der Waals surface area contributed by atoms with Crippen molar-refractivity contribution in [1.82, 2.24) is 25.9 Å². The number of nitrogens with two attached hydrogens (primary N) is 1. The molecule has 214 valence electrons. The van der Waals surface area contributed by atoms with Gasteiger partial charge >= 0.3 is 0 Å². The molecule has 0 bridgehead atoms. The quantitative estimate of drug-likeness (QED) is 0.238. The molecule has 10 heteroatoms. The molecular weight excluding hydrogens is 528 g/mol. The van der Waals surface area contributed by atoms with Gasteiger partial charge in [0.25, 0.3) is 0 Å². The number of anilines is 1. The molecule has 0 unspecified atom stereocenters. The lowest BCUT2D eigenvalue weighted by molar-refractivity contribution is -0.130. The average Bonchev–Trinajstić information content (AvgIpc) is 3.57. The Balaban J connectivity index is 1.31. The van der Waals surface area contributed by atoms with Crippen molar-refractivity contribution < 1.29 is 9.59 Å². The molecule has 5 rings (SSSR count). The Morgan fingerprint density at radius 3 is 2.36 bits per heavy atom. The standard InChI is InChI=1S/C32H34N8O2/c1-20-16-23(19-34)6-15-28(20)24-7-2-21(3-8-24)17-29(36-31(41)26-9-4-22(18-33)5-10-26)32(42)35-27-13-11-25(12-14-27)30-37-39-40-38-30/h2-3,6-8,11-16,22,26,29H,4-5,9-10,17-18,33H2,1H3,(H,35,42)(H,36,41)(H,37,38,39,40)/t22-,26-,29-/m0/s1. The highest BCUT2D eigenvalue weighted by Crippen LogP contribution is 2.29. The number of hydrogen-bond donors (Lipinski definition) is 4. The minimum atomic E-state index is -0.760. The summed E-state index contributed by atoms with van der Waals surface area (Å²) in [6.07, 6.45) is 3.74. The summed E-state index contributed by atoms with van der Waals surface area (Å²) in [7, 11) is 0. The van der Waals surface area contributed by atoms with Gasteiger partial charge in [0.1, 0.15) is 6.04 Å². The maximum atomic E-state index is 13.5. The van der Waals surface area contributed by atoms with Gasteiger partial charge in [-0.2, -0.15) is 10.5 Å². The Labute approximate surface area is 244 Å². The molecule has 1 aliphatic carbocycles. The number of nitrogens with zero attached hydrogens (tertiary/aromatic N) is 4. The average molecular weight is 563 g/mol. The van der Waals surface area contributed by atoms with Gasteiger partial charge in [0.15, 0.2) is 0 Å². The van der Waals surface area contributed by atoms with Gasteiger partial charge in [-0.3, -0.25) is 9.59 Å². The number of carbonyl (C=O) groups is 2. The van der Waals surface area contributed by atoms with E-state index in [0.717, 1.165) is 53.5 Å². The summed E-state index contributed by atoms with van der Waals surface area (Å²) in [5.74, 6) is 0.407. The molecule has 0 radical (unpaired) electrons. The zero-order valence-electron chi connectivity index (χ0n) is 23.5. The summed E-state index contributed by atoms with van der Waals surface area (Å²) in [4.78, 5) is 26.8. The van der Waals surface area contributed by atoms with Crippen LogP contribution in [0.25, 0.3) is 22.5 Å². The minimum absolute atomic E-state index is 0.0945. The third-order valence-electron chi connectivity index (χ3n) is 8.00. The number of amides is 2. The van der Waals surface area contributed by atoms with Crippen LogP contribution < -0.4 is 16.4 Å². The Hall–Kier alpha value is -4.88. The number of carbonyl (C=O) groups excluding carboxylic acids is 2. The molecule has 3 aromatic carbocycles. The third-order valence-corrected chi connectivity index (χ3v) is 8.00. The van der Waals surface area contributed by atoms with Crippen molar-refractivity contribution >= 4 is 17.5 Å². The van der Waals surface area contributed by atoms with Crippen molar-refractivity contribution in [3.63, 3.8) is 0 Å². The highest BCUT2D eigenvalue weighted by molar-refractivity contribution is 5.97. The van der Waals surface area contributed by atoms with Crippen LogP contribution >= 0.6 is 0 Å². The van der Waals surface area contributed by atoms with Crippen molar-refractivity contribution in [2.45, 2.75) is 45.1 Å². The van der Waals surface area contributed by atoms with Gasteiger partial charge in [-0.05, 0) is 109 Å². The second kappa shape index (κ2) is 13.2. The summed E-state index contributed by atoms with van der Waals surface area (Å²) >= 11 is 0. The predicted octanol–water partition coefficient (Wildman–Crippen LogP) is 4.14. The van der Waals surface area contributed by atoms with E-state index in [0.29, 0.717) is 36.0 Å². The van der Waals surface area contributed by atoms with Crippen LogP contribution in [0.5, 0.6) is 0 Å². The predicted molar refractivity (Wildman–Crippen MR) is 160 cm³/mol. The summed E-state index contributed by atoms with van der Waals surface area (Å²) < 4.78 is 0. The van der Waals surface area contributed by atoms with Crippen molar-refractivity contribution in [3.8, 4) is 28.6 Å². The summed E-state index contributed by atoms with van der Waals surface area (Å²) in [5, 5.41) is 29.1. The van der Waals surface area contributed by atoms with Gasteiger partial charge in [-0.1, -0.05) is 30.3 Å². The molecule has 0 spiro atoms. The Kier molecular flexibility index (Phi) is 8.99. The third kappa shape index (κ3) is 6.87. The molecule has 5 N–H and O–H groups in total. The summed E-state index contributed by atoms with van der Waals surface area (Å²) in [6.45, 7) is 2.62. The highest BCUT2D eigenvalue weighted by atomic mass is 16.2. The normalized spacial score (nSPS) is 17.2. The Morgan fingerprint density at radius 1 is 1.02 bits per heavy atom. The molecule has 1 atom stereocenters. The molecule has 42 heavy (non-hydrogen) atoms. The number of benzene rings is 3. The Bertz CT molecular complexity index is 1550. The second-order valence-corrected chi connectivity index (χ2v) is 10.9. The lowest BCUT2D eigenvalue weighted by atomic mass is 9.81. The van der Waals surface area contributed by atoms with Crippen LogP contribution in [0.4, 0.5) is 5.69 Å². The van der Waals surface area contributed by atoms with Crippen LogP contribution in [0.2, 0.25) is 0 Å². The van der Waals surface area contributed by atoms with E-state index in [2.05, 4.69) is 37.3 Å². The van der Waals surface area contributed by atoms with E-state index in [9.17, 15) is 14.9 Å². The number of aromatic amines is 1. The molecule has 1 aromatic heterocycles. The zero-order chi connectivity index (χ0) is 29.5. The summed E-state index contributed by atoms with van der Waals surface area (Å²) in [6, 6.07) is 22.1. The zero-order valence-corrected chi connectivity index (χ0v) is 23.5. The molecule has 10 nitrogen and oxygen atoms in total. The van der Waals surface area contributed by atoms with E-state index in [1.165, 1.54) is 0 Å². The van der Waals surface area contributed by atoms with Crippen LogP contribution in [-0.4, -0.2) is 45.0 Å². The molecular formula is C32H34N8O2. The van der Waals surface area contributed by atoms with Crippen LogP contribution in [0.3, 0.4) is 0 Å². The number of aryl methyl sites for hydroxylation is 1. The smallest absolute Gasteiger partial charge is 0.247 e. The number of nitriles is 1. The fourth-order valence-electron chi connectivity index (χ4n) is 5.49. The van der Waals surface area contributed by atoms with Crippen molar-refractivity contribution in [3.05, 3.63) is 83.4 Å². The van der Waals surface area contributed by atoms with Gasteiger partial charge in [-0.15, -0.1) is 10.2 Å². The van der Waals surface area contributed by atoms with Crippen LogP contribution in [-0.2, 0) is 16.0 Å². The maximum absolute atomic E-state index is 13.5. The monoisotopic (exact) mass is 562 g/mol. The first-order chi connectivity index (χ1) is 20.4. The molecule has 1 aliphatic rings. The van der Waals surface area contributed by atoms with Crippen molar-refractivity contribution in [2.75, 3.05) is 11.9 Å². The fourth-order valence-corrected chi connectivity index (χ4v) is 5.49. The molecule has 4 aromatic rings. The van der Waals surface area contributed by atoms with E-state index >= 15 is 0 Å². The maximum Gasteiger partial charge on any atom is 0.247 e. The van der Waals surface area contributed by atoms with Gasteiger partial charge in [0.2, 0.25) is 17.6 Å². The number of hydrogen-bond acceptors (Lipinski definition) is 7. The lowest BCUT2D eigenvalue weighted by Gasteiger charge is -2.28. The second-order valence-electron chi connectivity index (χ2n) is 10.9. The van der Waals surface area contributed by atoms with Crippen molar-refractivity contribution in [2.24, 2.45) is 17.6 Å². The minimum Gasteiger partial charge on any atom is -0.344 e. The molecule has 2 amide bonds. The number of tetrazole rings is 1.